The minimum absolute atomic E-state index is 0.0549. The number of rotatable bonds is 4. The zero-order valence-corrected chi connectivity index (χ0v) is 12.7. The van der Waals surface area contributed by atoms with Crippen LogP contribution in [0.25, 0.3) is 5.69 Å². The van der Waals surface area contributed by atoms with Crippen molar-refractivity contribution in [1.82, 2.24) is 14.8 Å². The molecule has 0 atom stereocenters. The van der Waals surface area contributed by atoms with Crippen LogP contribution in [0, 0.1) is 5.82 Å². The second-order valence-corrected chi connectivity index (χ2v) is 5.19. The lowest BCUT2D eigenvalue weighted by atomic mass is 10.1. The first-order chi connectivity index (χ1) is 11.1. The molecule has 0 aliphatic heterocycles. The summed E-state index contributed by atoms with van der Waals surface area (Å²) >= 11 is 5.83. The maximum atomic E-state index is 13.5. The molecule has 1 amide bonds. The van der Waals surface area contributed by atoms with Crippen LogP contribution in [0.2, 0.25) is 5.15 Å². The molecular formula is C16H12ClFN4O. The quantitative estimate of drug-likeness (QED) is 0.747. The monoisotopic (exact) mass is 330 g/mol. The van der Waals surface area contributed by atoms with E-state index in [2.05, 4.69) is 15.4 Å². The number of halogens is 2. The predicted octanol–water partition coefficient (Wildman–Crippen LogP) is 3.24. The number of aromatic nitrogens is 3. The molecule has 7 heteroatoms. The number of hydrogen-bond acceptors (Lipinski definition) is 3. The lowest BCUT2D eigenvalue weighted by Gasteiger charge is -2.04. The Morgan fingerprint density at radius 3 is 2.87 bits per heavy atom. The van der Waals surface area contributed by atoms with Gasteiger partial charge in [0.1, 0.15) is 11.0 Å². The molecule has 0 unspecified atom stereocenters. The van der Waals surface area contributed by atoms with Gasteiger partial charge in [0.25, 0.3) is 0 Å². The molecule has 3 rings (SSSR count). The SMILES string of the molecule is O=C(Cc1ccccc1F)Nc1ccn(-c2ccnc(Cl)c2)n1. The third-order valence-corrected chi connectivity index (χ3v) is 3.35. The van der Waals surface area contributed by atoms with Gasteiger partial charge in [0, 0.05) is 24.5 Å². The second-order valence-electron chi connectivity index (χ2n) is 4.80. The molecule has 0 radical (unpaired) electrons. The van der Waals surface area contributed by atoms with Crippen molar-refractivity contribution in [3.05, 3.63) is 71.4 Å². The largest absolute Gasteiger partial charge is 0.309 e. The molecule has 3 aromatic rings. The fourth-order valence-electron chi connectivity index (χ4n) is 2.07. The minimum atomic E-state index is -0.403. The van der Waals surface area contributed by atoms with E-state index in [1.54, 1.807) is 53.5 Å². The van der Waals surface area contributed by atoms with Crippen LogP contribution in [-0.4, -0.2) is 20.7 Å². The second kappa shape index (κ2) is 6.58. The smallest absolute Gasteiger partial charge is 0.230 e. The Kier molecular flexibility index (Phi) is 4.34. The Hall–Kier alpha value is -2.73. The summed E-state index contributed by atoms with van der Waals surface area (Å²) in [5.74, 6) is -0.369. The highest BCUT2D eigenvalue weighted by atomic mass is 35.5. The maximum Gasteiger partial charge on any atom is 0.230 e. The summed E-state index contributed by atoms with van der Waals surface area (Å²) in [7, 11) is 0. The highest BCUT2D eigenvalue weighted by Gasteiger charge is 2.10. The van der Waals surface area contributed by atoms with E-state index < -0.39 is 5.82 Å². The molecule has 0 aliphatic rings. The molecule has 0 aliphatic carbocycles. The van der Waals surface area contributed by atoms with Crippen LogP contribution in [0.3, 0.4) is 0 Å². The van der Waals surface area contributed by atoms with Crippen LogP contribution in [0.5, 0.6) is 0 Å². The van der Waals surface area contributed by atoms with Gasteiger partial charge in [-0.1, -0.05) is 29.8 Å². The van der Waals surface area contributed by atoms with Crippen molar-refractivity contribution in [2.45, 2.75) is 6.42 Å². The molecule has 0 saturated heterocycles. The molecule has 2 heterocycles. The average Bonchev–Trinajstić information content (AvgIpc) is 2.98. The Bertz CT molecular complexity index is 849. The van der Waals surface area contributed by atoms with E-state index in [0.29, 0.717) is 16.5 Å². The fraction of sp³-hybridized carbons (Fsp3) is 0.0625. The van der Waals surface area contributed by atoms with Gasteiger partial charge in [-0.2, -0.15) is 5.10 Å². The minimum Gasteiger partial charge on any atom is -0.309 e. The number of pyridine rings is 1. The lowest BCUT2D eigenvalue weighted by molar-refractivity contribution is -0.115. The van der Waals surface area contributed by atoms with Crippen LogP contribution in [0.15, 0.2) is 54.9 Å². The summed E-state index contributed by atoms with van der Waals surface area (Å²) in [6.07, 6.45) is 3.20. The van der Waals surface area contributed by atoms with Gasteiger partial charge in [0.15, 0.2) is 5.82 Å². The Labute approximate surface area is 136 Å². The van der Waals surface area contributed by atoms with Crippen molar-refractivity contribution in [2.75, 3.05) is 5.32 Å². The van der Waals surface area contributed by atoms with Crippen molar-refractivity contribution >= 4 is 23.3 Å². The van der Waals surface area contributed by atoms with Crippen LogP contribution in [0.4, 0.5) is 10.2 Å². The molecular weight excluding hydrogens is 319 g/mol. The maximum absolute atomic E-state index is 13.5. The van der Waals surface area contributed by atoms with Crippen LogP contribution >= 0.6 is 11.6 Å². The molecule has 23 heavy (non-hydrogen) atoms. The fourth-order valence-corrected chi connectivity index (χ4v) is 2.24. The number of hydrogen-bond donors (Lipinski definition) is 1. The molecule has 0 saturated carbocycles. The summed E-state index contributed by atoms with van der Waals surface area (Å²) in [4.78, 5) is 15.9. The molecule has 0 bridgehead atoms. The Balaban J connectivity index is 1.69. The van der Waals surface area contributed by atoms with Crippen molar-refractivity contribution in [3.63, 3.8) is 0 Å². The third kappa shape index (κ3) is 3.73. The molecule has 1 N–H and O–H groups in total. The summed E-state index contributed by atoms with van der Waals surface area (Å²) < 4.78 is 15.1. The first-order valence-corrected chi connectivity index (χ1v) is 7.20. The number of anilines is 1. The van der Waals surface area contributed by atoms with E-state index in [-0.39, 0.29) is 12.3 Å². The Morgan fingerprint density at radius 2 is 2.09 bits per heavy atom. The van der Waals surface area contributed by atoms with Crippen molar-refractivity contribution in [1.29, 1.82) is 0 Å². The van der Waals surface area contributed by atoms with E-state index in [0.717, 1.165) is 5.69 Å². The van der Waals surface area contributed by atoms with Crippen LogP contribution in [0.1, 0.15) is 5.56 Å². The average molecular weight is 331 g/mol. The summed E-state index contributed by atoms with van der Waals surface area (Å²) in [5, 5.41) is 7.22. The molecule has 2 aromatic heterocycles. The summed E-state index contributed by atoms with van der Waals surface area (Å²) in [6.45, 7) is 0. The van der Waals surface area contributed by atoms with Crippen molar-refractivity contribution < 1.29 is 9.18 Å². The number of benzene rings is 1. The zero-order chi connectivity index (χ0) is 16.2. The number of nitrogens with one attached hydrogen (secondary N) is 1. The highest BCUT2D eigenvalue weighted by molar-refractivity contribution is 6.29. The number of carbonyl (C=O) groups excluding carboxylic acids is 1. The first kappa shape index (κ1) is 15.2. The zero-order valence-electron chi connectivity index (χ0n) is 11.9. The van der Waals surface area contributed by atoms with Crippen LogP contribution < -0.4 is 5.32 Å². The molecule has 0 fully saturated rings. The van der Waals surface area contributed by atoms with Crippen molar-refractivity contribution in [3.8, 4) is 5.69 Å². The van der Waals surface area contributed by atoms with E-state index in [1.807, 2.05) is 0 Å². The standard InChI is InChI=1S/C16H12ClFN4O/c17-14-10-12(5-7-19-14)22-8-6-15(21-22)20-16(23)9-11-3-1-2-4-13(11)18/h1-8,10H,9H2,(H,20,21,23). The van der Waals surface area contributed by atoms with Gasteiger partial charge >= 0.3 is 0 Å². The Morgan fingerprint density at radius 1 is 1.26 bits per heavy atom. The number of carbonyl (C=O) groups is 1. The number of nitrogens with zero attached hydrogens (tertiary/aromatic N) is 3. The topological polar surface area (TPSA) is 59.8 Å². The van der Waals surface area contributed by atoms with Gasteiger partial charge in [-0.25, -0.2) is 14.1 Å². The van der Waals surface area contributed by atoms with Gasteiger partial charge in [-0.3, -0.25) is 4.79 Å². The highest BCUT2D eigenvalue weighted by Crippen LogP contribution is 2.14. The van der Waals surface area contributed by atoms with Gasteiger partial charge in [-0.05, 0) is 17.7 Å². The first-order valence-electron chi connectivity index (χ1n) is 6.83. The normalized spacial score (nSPS) is 10.5. The van der Waals surface area contributed by atoms with E-state index in [4.69, 9.17) is 11.6 Å². The predicted molar refractivity (Wildman–Crippen MR) is 85.1 cm³/mol. The van der Waals surface area contributed by atoms with E-state index in [1.165, 1.54) is 6.07 Å². The van der Waals surface area contributed by atoms with Gasteiger partial charge in [0.2, 0.25) is 5.91 Å². The molecule has 116 valence electrons. The molecule has 0 spiro atoms. The third-order valence-electron chi connectivity index (χ3n) is 3.14. The van der Waals surface area contributed by atoms with Gasteiger partial charge in [0.05, 0.1) is 12.1 Å². The number of amides is 1. The van der Waals surface area contributed by atoms with Crippen LogP contribution in [-0.2, 0) is 11.2 Å². The van der Waals surface area contributed by atoms with Gasteiger partial charge in [-0.15, -0.1) is 0 Å². The summed E-state index contributed by atoms with van der Waals surface area (Å²) in [5.41, 5.74) is 1.06. The molecule has 5 nitrogen and oxygen atoms in total. The molecule has 1 aromatic carbocycles. The lowest BCUT2D eigenvalue weighted by Crippen LogP contribution is -2.15. The van der Waals surface area contributed by atoms with Crippen molar-refractivity contribution in [2.24, 2.45) is 0 Å². The van der Waals surface area contributed by atoms with E-state index >= 15 is 0 Å². The van der Waals surface area contributed by atoms with E-state index in [9.17, 15) is 9.18 Å². The summed E-state index contributed by atoms with van der Waals surface area (Å²) in [6, 6.07) is 11.2. The van der Waals surface area contributed by atoms with Gasteiger partial charge < -0.3 is 5.32 Å².